The average Bonchev–Trinajstić information content (AvgIpc) is 3.70. The van der Waals surface area contributed by atoms with Crippen molar-refractivity contribution in [3.8, 4) is 23.1 Å². The Labute approximate surface area is 253 Å². The van der Waals surface area contributed by atoms with Gasteiger partial charge in [-0.05, 0) is 66.4 Å². The minimum Gasteiger partial charge on any atom is -0.494 e. The van der Waals surface area contributed by atoms with Gasteiger partial charge >= 0.3 is 0 Å². The fraction of sp³-hybridized carbons (Fsp3) is 0.258. The Balaban J connectivity index is 1.25. The first-order valence-corrected chi connectivity index (χ1v) is 14.8. The number of fused-ring (bicyclic) bond motifs is 1. The molecule has 5 rings (SSSR count). The number of aliphatic imine (C=N–C) groups is 1. The maximum absolute atomic E-state index is 13.5. The van der Waals surface area contributed by atoms with Gasteiger partial charge in [-0.3, -0.25) is 15.1 Å². The molecule has 2 aromatic heterocycles. The van der Waals surface area contributed by atoms with E-state index in [1.54, 1.807) is 35.6 Å². The summed E-state index contributed by atoms with van der Waals surface area (Å²) >= 11 is 1.29. The summed E-state index contributed by atoms with van der Waals surface area (Å²) in [6, 6.07) is 17.6. The van der Waals surface area contributed by atoms with Crippen LogP contribution in [0, 0.1) is 11.5 Å². The first-order chi connectivity index (χ1) is 21.2. The normalized spacial score (nSPS) is 12.5. The lowest BCUT2D eigenvalue weighted by Gasteiger charge is -2.17. The van der Waals surface area contributed by atoms with Crippen LogP contribution in [0.4, 0.5) is 11.4 Å². The first-order valence-electron chi connectivity index (χ1n) is 14.0. The molecule has 11 nitrogen and oxygen atoms in total. The van der Waals surface area contributed by atoms with Gasteiger partial charge in [0.1, 0.15) is 5.75 Å². The van der Waals surface area contributed by atoms with E-state index in [1.165, 1.54) is 11.3 Å². The Morgan fingerprint density at radius 1 is 1.16 bits per heavy atom. The van der Waals surface area contributed by atoms with Crippen LogP contribution in [0.3, 0.4) is 0 Å². The quantitative estimate of drug-likeness (QED) is 0.0630. The van der Waals surface area contributed by atoms with Gasteiger partial charge in [0.05, 0.1) is 19.8 Å². The molecule has 0 unspecified atom stereocenters. The number of carbonyl (C=O) groups excluding carboxylic acids is 1. The van der Waals surface area contributed by atoms with Crippen LogP contribution in [0.2, 0.25) is 0 Å². The van der Waals surface area contributed by atoms with Crippen molar-refractivity contribution in [2.24, 2.45) is 4.99 Å². The number of nitrogens with zero attached hydrogens (tertiary/aromatic N) is 5. The van der Waals surface area contributed by atoms with E-state index in [0.29, 0.717) is 30.7 Å². The molecule has 1 amide bonds. The minimum atomic E-state index is -0.145. The number of aliphatic hydroxyl groups excluding tert-OH is 1. The Bertz CT molecular complexity index is 1600. The summed E-state index contributed by atoms with van der Waals surface area (Å²) in [6.07, 6.45) is 8.40. The van der Waals surface area contributed by atoms with Gasteiger partial charge in [-0.15, -0.1) is 11.3 Å². The molecule has 0 saturated carbocycles. The van der Waals surface area contributed by atoms with E-state index in [4.69, 9.17) is 15.1 Å². The third-order valence-electron chi connectivity index (χ3n) is 6.72. The van der Waals surface area contributed by atoms with Crippen molar-refractivity contribution < 1.29 is 14.6 Å². The number of guanidine groups is 1. The maximum atomic E-state index is 13.5. The number of rotatable bonds is 12. The number of carbonyl (C=O) groups is 1. The van der Waals surface area contributed by atoms with Crippen molar-refractivity contribution in [1.82, 2.24) is 20.6 Å². The zero-order chi connectivity index (χ0) is 29.9. The first kappa shape index (κ1) is 29.7. The summed E-state index contributed by atoms with van der Waals surface area (Å²) in [7, 11) is 0. The Morgan fingerprint density at radius 3 is 2.86 bits per heavy atom. The van der Waals surface area contributed by atoms with Gasteiger partial charge in [0, 0.05) is 47.9 Å². The Kier molecular flexibility index (Phi) is 10.3. The number of ether oxygens (including phenoxy) is 1. The van der Waals surface area contributed by atoms with E-state index < -0.39 is 0 Å². The van der Waals surface area contributed by atoms with Gasteiger partial charge in [-0.1, -0.05) is 24.3 Å². The number of nitrogens with one attached hydrogen (secondary N) is 3. The van der Waals surface area contributed by atoms with Crippen LogP contribution in [-0.4, -0.2) is 59.8 Å². The van der Waals surface area contributed by atoms with Crippen LogP contribution in [0.1, 0.15) is 26.7 Å². The SMILES string of the molecule is N#CNC(=NCc1cnc(C(=O)N2CCc3c(-c4cccc(OCCCNCCO)c4)cccc32)s1)Nc1ccncc1. The van der Waals surface area contributed by atoms with Gasteiger partial charge in [0.2, 0.25) is 5.96 Å². The van der Waals surface area contributed by atoms with Gasteiger partial charge in [0.15, 0.2) is 11.2 Å². The zero-order valence-electron chi connectivity index (χ0n) is 23.5. The van der Waals surface area contributed by atoms with E-state index in [0.717, 1.165) is 58.1 Å². The molecule has 3 heterocycles. The van der Waals surface area contributed by atoms with Crippen molar-refractivity contribution in [2.75, 3.05) is 43.1 Å². The monoisotopic (exact) mass is 596 g/mol. The summed E-state index contributed by atoms with van der Waals surface area (Å²) < 4.78 is 5.96. The third kappa shape index (κ3) is 7.72. The predicted octanol–water partition coefficient (Wildman–Crippen LogP) is 3.80. The van der Waals surface area contributed by atoms with E-state index in [2.05, 4.69) is 43.0 Å². The highest BCUT2D eigenvalue weighted by Crippen LogP contribution is 2.38. The third-order valence-corrected chi connectivity index (χ3v) is 7.69. The average molecular weight is 597 g/mol. The number of nitriles is 1. The van der Waals surface area contributed by atoms with Crippen LogP contribution in [0.25, 0.3) is 11.1 Å². The van der Waals surface area contributed by atoms with Gasteiger partial charge in [0.25, 0.3) is 5.91 Å². The number of hydrogen-bond acceptors (Lipinski definition) is 9. The molecule has 12 heteroatoms. The molecular formula is C31H32N8O3S. The number of pyridine rings is 1. The van der Waals surface area contributed by atoms with Crippen molar-refractivity contribution in [1.29, 1.82) is 5.26 Å². The second kappa shape index (κ2) is 14.9. The van der Waals surface area contributed by atoms with Crippen LogP contribution in [-0.2, 0) is 13.0 Å². The second-order valence-electron chi connectivity index (χ2n) is 9.61. The van der Waals surface area contributed by atoms with E-state index >= 15 is 0 Å². The minimum absolute atomic E-state index is 0.127. The predicted molar refractivity (Wildman–Crippen MR) is 167 cm³/mol. The number of anilines is 2. The zero-order valence-corrected chi connectivity index (χ0v) is 24.3. The second-order valence-corrected chi connectivity index (χ2v) is 10.7. The molecule has 0 atom stereocenters. The molecule has 220 valence electrons. The number of hydrogen-bond donors (Lipinski definition) is 4. The number of thiazole rings is 1. The van der Waals surface area contributed by atoms with Crippen molar-refractivity contribution in [2.45, 2.75) is 19.4 Å². The summed E-state index contributed by atoms with van der Waals surface area (Å²) in [5, 5.41) is 27.1. The summed E-state index contributed by atoms with van der Waals surface area (Å²) in [4.78, 5) is 29.0. The smallest absolute Gasteiger partial charge is 0.287 e. The van der Waals surface area contributed by atoms with Crippen LogP contribution in [0.5, 0.6) is 5.75 Å². The highest BCUT2D eigenvalue weighted by atomic mass is 32.1. The number of amides is 1. The number of benzene rings is 2. The molecule has 0 saturated heterocycles. The highest BCUT2D eigenvalue weighted by molar-refractivity contribution is 7.13. The fourth-order valence-corrected chi connectivity index (χ4v) is 5.53. The maximum Gasteiger partial charge on any atom is 0.287 e. The van der Waals surface area contributed by atoms with Crippen LogP contribution < -0.4 is 25.6 Å². The van der Waals surface area contributed by atoms with Crippen molar-refractivity contribution in [3.05, 3.63) is 88.6 Å². The molecule has 4 N–H and O–H groups in total. The van der Waals surface area contributed by atoms with Crippen molar-refractivity contribution >= 4 is 34.6 Å². The molecule has 43 heavy (non-hydrogen) atoms. The molecule has 0 bridgehead atoms. The summed E-state index contributed by atoms with van der Waals surface area (Å²) in [6.45, 7) is 2.90. The molecular weight excluding hydrogens is 564 g/mol. The van der Waals surface area contributed by atoms with E-state index in [-0.39, 0.29) is 19.1 Å². The standard InChI is InChI=1S/C31H32N8O3S/c32-21-37-31(38-23-8-12-34-13-9-23)36-20-25-19-35-29(43-25)30(41)39-15-10-27-26(6-2-7-28(27)39)22-4-1-5-24(18-22)42-17-3-11-33-14-16-40/h1-2,4-9,12-13,18-19,33,40H,3,10-11,14-17,20H2,(H2,34,36,37,38). The number of aliphatic hydroxyl groups is 1. The van der Waals surface area contributed by atoms with Gasteiger partial charge in [-0.25, -0.2) is 9.98 Å². The topological polar surface area (TPSA) is 148 Å². The molecule has 0 radical (unpaired) electrons. The Morgan fingerprint density at radius 2 is 2.02 bits per heavy atom. The van der Waals surface area contributed by atoms with Gasteiger partial charge < -0.3 is 25.4 Å². The molecule has 1 aliphatic heterocycles. The van der Waals surface area contributed by atoms with Crippen LogP contribution in [0.15, 0.2) is 78.2 Å². The van der Waals surface area contributed by atoms with Gasteiger partial charge in [-0.2, -0.15) is 5.26 Å². The lowest BCUT2D eigenvalue weighted by atomic mass is 9.98. The van der Waals surface area contributed by atoms with E-state index in [1.807, 2.05) is 36.5 Å². The fourth-order valence-electron chi connectivity index (χ4n) is 4.75. The molecule has 1 aliphatic rings. The molecule has 0 aliphatic carbocycles. The molecule has 0 spiro atoms. The molecule has 4 aromatic rings. The summed E-state index contributed by atoms with van der Waals surface area (Å²) in [5.74, 6) is 0.944. The lowest BCUT2D eigenvalue weighted by molar-refractivity contribution is 0.0989. The largest absolute Gasteiger partial charge is 0.494 e. The Hall–Kier alpha value is -4.83. The van der Waals surface area contributed by atoms with E-state index in [9.17, 15) is 4.79 Å². The number of aromatic nitrogens is 2. The summed E-state index contributed by atoms with van der Waals surface area (Å²) in [5.41, 5.74) is 4.87. The molecule has 2 aromatic carbocycles. The highest BCUT2D eigenvalue weighted by Gasteiger charge is 2.29. The lowest BCUT2D eigenvalue weighted by Crippen LogP contribution is -2.28. The van der Waals surface area contributed by atoms with Crippen LogP contribution >= 0.6 is 11.3 Å². The van der Waals surface area contributed by atoms with Crippen molar-refractivity contribution in [3.63, 3.8) is 0 Å². The molecule has 0 fully saturated rings.